The molecule has 0 amide bonds. The molecule has 1 aliphatic rings. The molecule has 0 radical (unpaired) electrons. The van der Waals surface area contributed by atoms with E-state index in [2.05, 4.69) is 11.1 Å². The number of aromatic nitrogens is 1. The summed E-state index contributed by atoms with van der Waals surface area (Å²) in [6.07, 6.45) is 2.59. The number of aliphatic hydroxyl groups is 1. The van der Waals surface area contributed by atoms with E-state index in [1.807, 2.05) is 24.3 Å². The average Bonchev–Trinajstić information content (AvgIpc) is 2.27. The third-order valence-electron chi connectivity index (χ3n) is 3.09. The highest BCUT2D eigenvalue weighted by molar-refractivity contribution is 5.79. The Balaban J connectivity index is 2.27. The van der Waals surface area contributed by atoms with Crippen molar-refractivity contribution in [1.82, 2.24) is 4.98 Å². The van der Waals surface area contributed by atoms with E-state index in [0.717, 1.165) is 41.4 Å². The summed E-state index contributed by atoms with van der Waals surface area (Å²) in [6.45, 7) is 0. The molecule has 0 saturated carbocycles. The second-order valence-electron chi connectivity index (χ2n) is 4.13. The van der Waals surface area contributed by atoms with Crippen molar-refractivity contribution in [3.05, 3.63) is 41.6 Å². The number of fused-ring (bicyclic) bond motifs is 2. The van der Waals surface area contributed by atoms with E-state index >= 15 is 0 Å². The number of aryl methyl sites for hydroxylation is 1. The summed E-state index contributed by atoms with van der Waals surface area (Å²) < 4.78 is 0. The van der Waals surface area contributed by atoms with E-state index in [-0.39, 0.29) is 6.10 Å². The minimum atomic E-state index is -0.314. The van der Waals surface area contributed by atoms with Gasteiger partial charge < -0.3 is 5.11 Å². The van der Waals surface area contributed by atoms with Crippen LogP contribution in [0.2, 0.25) is 0 Å². The molecule has 15 heavy (non-hydrogen) atoms. The fraction of sp³-hybridized carbons (Fsp3) is 0.308. The van der Waals surface area contributed by atoms with Crippen LogP contribution in [0.25, 0.3) is 10.9 Å². The number of hydrogen-bond acceptors (Lipinski definition) is 2. The molecule has 1 aromatic carbocycles. The number of nitrogens with zero attached hydrogens (tertiary/aromatic N) is 1. The first-order valence-electron chi connectivity index (χ1n) is 5.41. The summed E-state index contributed by atoms with van der Waals surface area (Å²) >= 11 is 0. The van der Waals surface area contributed by atoms with Gasteiger partial charge in [0.05, 0.1) is 11.6 Å². The largest absolute Gasteiger partial charge is 0.388 e. The summed E-state index contributed by atoms with van der Waals surface area (Å²) in [5, 5.41) is 11.0. The quantitative estimate of drug-likeness (QED) is 0.707. The molecule has 0 bridgehead atoms. The minimum absolute atomic E-state index is 0.314. The monoisotopic (exact) mass is 199 g/mol. The lowest BCUT2D eigenvalue weighted by Crippen LogP contribution is -2.10. The van der Waals surface area contributed by atoms with E-state index in [4.69, 9.17) is 0 Å². The zero-order valence-electron chi connectivity index (χ0n) is 8.48. The molecule has 2 aromatic rings. The summed E-state index contributed by atoms with van der Waals surface area (Å²) in [7, 11) is 0. The van der Waals surface area contributed by atoms with E-state index < -0.39 is 0 Å². The van der Waals surface area contributed by atoms with Crippen LogP contribution in [0.5, 0.6) is 0 Å². The predicted molar refractivity (Wildman–Crippen MR) is 59.6 cm³/mol. The average molecular weight is 199 g/mol. The van der Waals surface area contributed by atoms with Gasteiger partial charge in [-0.05, 0) is 31.4 Å². The summed E-state index contributed by atoms with van der Waals surface area (Å²) in [5.74, 6) is 0. The lowest BCUT2D eigenvalue weighted by Gasteiger charge is -2.20. The molecule has 0 saturated heterocycles. The first-order chi connectivity index (χ1) is 7.34. The summed E-state index contributed by atoms with van der Waals surface area (Å²) in [5.41, 5.74) is 3.14. The van der Waals surface area contributed by atoms with E-state index in [0.29, 0.717) is 0 Å². The van der Waals surface area contributed by atoms with Crippen LogP contribution in [0.15, 0.2) is 30.3 Å². The van der Waals surface area contributed by atoms with Crippen molar-refractivity contribution < 1.29 is 5.11 Å². The van der Waals surface area contributed by atoms with Crippen LogP contribution in [0.3, 0.4) is 0 Å². The maximum atomic E-state index is 9.88. The van der Waals surface area contributed by atoms with Gasteiger partial charge in [-0.15, -0.1) is 0 Å². The molecule has 2 nitrogen and oxygen atoms in total. The van der Waals surface area contributed by atoms with Gasteiger partial charge in [0.2, 0.25) is 0 Å². The Morgan fingerprint density at radius 1 is 1.27 bits per heavy atom. The highest BCUT2D eigenvalue weighted by Crippen LogP contribution is 2.30. The fourth-order valence-electron chi connectivity index (χ4n) is 2.28. The van der Waals surface area contributed by atoms with Gasteiger partial charge in [-0.25, -0.2) is 0 Å². The second kappa shape index (κ2) is 3.31. The number of hydrogen-bond donors (Lipinski definition) is 1. The first kappa shape index (κ1) is 8.86. The van der Waals surface area contributed by atoms with Gasteiger partial charge >= 0.3 is 0 Å². The lowest BCUT2D eigenvalue weighted by atomic mass is 9.92. The molecule has 0 spiro atoms. The van der Waals surface area contributed by atoms with Gasteiger partial charge in [0.1, 0.15) is 0 Å². The molecule has 1 N–H and O–H groups in total. The Hall–Kier alpha value is -1.41. The number of aliphatic hydroxyl groups excluding tert-OH is 1. The highest BCUT2D eigenvalue weighted by Gasteiger charge is 2.19. The Kier molecular flexibility index (Phi) is 1.96. The van der Waals surface area contributed by atoms with Crippen molar-refractivity contribution in [2.45, 2.75) is 25.4 Å². The van der Waals surface area contributed by atoms with Crippen LogP contribution in [0.1, 0.15) is 30.2 Å². The molecule has 2 heteroatoms. The number of pyridine rings is 1. The molecule has 0 aliphatic heterocycles. The van der Waals surface area contributed by atoms with Gasteiger partial charge in [-0.3, -0.25) is 4.98 Å². The Morgan fingerprint density at radius 3 is 3.07 bits per heavy atom. The second-order valence-corrected chi connectivity index (χ2v) is 4.13. The van der Waals surface area contributed by atoms with Gasteiger partial charge in [0, 0.05) is 16.6 Å². The normalized spacial score (nSPS) is 20.2. The van der Waals surface area contributed by atoms with Crippen LogP contribution in [0.4, 0.5) is 0 Å². The van der Waals surface area contributed by atoms with Crippen LogP contribution in [-0.4, -0.2) is 10.1 Å². The van der Waals surface area contributed by atoms with Crippen molar-refractivity contribution in [2.75, 3.05) is 0 Å². The SMILES string of the molecule is OC1CCCc2nc3ccccc3cc21. The standard InChI is InChI=1S/C13H13NO/c15-13-7-3-6-12-10(13)8-9-4-1-2-5-11(9)14-12/h1-2,4-5,8,13,15H,3,6-7H2. The van der Waals surface area contributed by atoms with E-state index in [9.17, 15) is 5.11 Å². The molecular weight excluding hydrogens is 186 g/mol. The van der Waals surface area contributed by atoms with Gasteiger partial charge in [0.15, 0.2) is 0 Å². The molecule has 1 aliphatic carbocycles. The van der Waals surface area contributed by atoms with Gasteiger partial charge in [0.25, 0.3) is 0 Å². The molecule has 0 fully saturated rings. The fourth-order valence-corrected chi connectivity index (χ4v) is 2.28. The summed E-state index contributed by atoms with van der Waals surface area (Å²) in [6, 6.07) is 10.2. The number of rotatable bonds is 0. The molecular formula is C13H13NO. The van der Waals surface area contributed by atoms with Crippen LogP contribution >= 0.6 is 0 Å². The van der Waals surface area contributed by atoms with Crippen molar-refractivity contribution in [3.8, 4) is 0 Å². The number of para-hydroxylation sites is 1. The van der Waals surface area contributed by atoms with Crippen molar-refractivity contribution in [3.63, 3.8) is 0 Å². The highest BCUT2D eigenvalue weighted by atomic mass is 16.3. The van der Waals surface area contributed by atoms with Gasteiger partial charge in [-0.2, -0.15) is 0 Å². The smallest absolute Gasteiger partial charge is 0.0808 e. The first-order valence-corrected chi connectivity index (χ1v) is 5.41. The number of benzene rings is 1. The van der Waals surface area contributed by atoms with Crippen LogP contribution in [-0.2, 0) is 6.42 Å². The maximum absolute atomic E-state index is 9.88. The van der Waals surface area contributed by atoms with Crippen molar-refractivity contribution in [1.29, 1.82) is 0 Å². The molecule has 1 heterocycles. The predicted octanol–water partition coefficient (Wildman–Crippen LogP) is 2.60. The zero-order chi connectivity index (χ0) is 10.3. The molecule has 1 unspecified atom stereocenters. The Bertz CT molecular complexity index is 507. The van der Waals surface area contributed by atoms with Crippen LogP contribution < -0.4 is 0 Å². The summed E-state index contributed by atoms with van der Waals surface area (Å²) in [4.78, 5) is 4.61. The molecule has 3 rings (SSSR count). The van der Waals surface area contributed by atoms with Crippen molar-refractivity contribution in [2.24, 2.45) is 0 Å². The zero-order valence-corrected chi connectivity index (χ0v) is 8.48. The lowest BCUT2D eigenvalue weighted by molar-refractivity contribution is 0.156. The topological polar surface area (TPSA) is 33.1 Å². The molecule has 1 aromatic heterocycles. The third kappa shape index (κ3) is 1.41. The van der Waals surface area contributed by atoms with Crippen LogP contribution in [0, 0.1) is 0 Å². The van der Waals surface area contributed by atoms with E-state index in [1.165, 1.54) is 0 Å². The maximum Gasteiger partial charge on any atom is 0.0808 e. The minimum Gasteiger partial charge on any atom is -0.388 e. The molecule has 1 atom stereocenters. The van der Waals surface area contributed by atoms with Gasteiger partial charge in [-0.1, -0.05) is 18.2 Å². The Labute approximate surface area is 88.6 Å². The van der Waals surface area contributed by atoms with Crippen molar-refractivity contribution >= 4 is 10.9 Å². The van der Waals surface area contributed by atoms with E-state index in [1.54, 1.807) is 0 Å². The molecule has 76 valence electrons. The third-order valence-corrected chi connectivity index (χ3v) is 3.09. The Morgan fingerprint density at radius 2 is 2.13 bits per heavy atom.